The lowest BCUT2D eigenvalue weighted by molar-refractivity contribution is 0.0397. The summed E-state index contributed by atoms with van der Waals surface area (Å²) in [6.45, 7) is 7.75. The Morgan fingerprint density at radius 2 is 1.82 bits per heavy atom. The van der Waals surface area contributed by atoms with Crippen molar-refractivity contribution < 1.29 is 4.74 Å². The van der Waals surface area contributed by atoms with Gasteiger partial charge in [0.25, 0.3) is 0 Å². The van der Waals surface area contributed by atoms with Gasteiger partial charge in [-0.2, -0.15) is 5.10 Å². The lowest BCUT2D eigenvalue weighted by Crippen LogP contribution is -2.32. The van der Waals surface area contributed by atoms with Crippen LogP contribution >= 0.6 is 0 Å². The molecule has 0 spiro atoms. The third-order valence-corrected chi connectivity index (χ3v) is 2.96. The molecule has 3 heteroatoms. The van der Waals surface area contributed by atoms with Gasteiger partial charge < -0.3 is 4.74 Å². The lowest BCUT2D eigenvalue weighted by atomic mass is 10.0. The standard InChI is InChI=1S/C14H20N2O/c1-12(2)14-5-3-13(4-6-14)11-15-16-7-9-17-10-8-16/h3-6,11-12H,7-10H2,1-2H3/b15-11+. The molecule has 17 heavy (non-hydrogen) atoms. The second-order valence-corrected chi connectivity index (χ2v) is 4.63. The molecule has 0 N–H and O–H groups in total. The van der Waals surface area contributed by atoms with Crippen molar-refractivity contribution in [3.63, 3.8) is 0 Å². The fraction of sp³-hybridized carbons (Fsp3) is 0.500. The highest BCUT2D eigenvalue weighted by Crippen LogP contribution is 2.13. The van der Waals surface area contributed by atoms with E-state index < -0.39 is 0 Å². The molecule has 0 unspecified atom stereocenters. The van der Waals surface area contributed by atoms with Crippen LogP contribution in [0.4, 0.5) is 0 Å². The van der Waals surface area contributed by atoms with E-state index in [0.29, 0.717) is 5.92 Å². The molecule has 1 fully saturated rings. The third kappa shape index (κ3) is 3.56. The quantitative estimate of drug-likeness (QED) is 0.748. The van der Waals surface area contributed by atoms with Crippen molar-refractivity contribution in [1.82, 2.24) is 5.01 Å². The van der Waals surface area contributed by atoms with E-state index in [-0.39, 0.29) is 0 Å². The van der Waals surface area contributed by atoms with E-state index in [9.17, 15) is 0 Å². The molecule has 0 amide bonds. The second-order valence-electron chi connectivity index (χ2n) is 4.63. The molecule has 0 aliphatic carbocycles. The molecule has 1 aromatic rings. The maximum absolute atomic E-state index is 5.28. The van der Waals surface area contributed by atoms with Crippen molar-refractivity contribution >= 4 is 6.21 Å². The second kappa shape index (κ2) is 5.82. The maximum atomic E-state index is 5.28. The highest BCUT2D eigenvalue weighted by molar-refractivity contribution is 5.79. The van der Waals surface area contributed by atoms with Crippen LogP contribution in [-0.2, 0) is 4.74 Å². The zero-order valence-corrected chi connectivity index (χ0v) is 10.6. The zero-order chi connectivity index (χ0) is 12.1. The molecule has 1 aliphatic heterocycles. The Balaban J connectivity index is 1.95. The number of benzene rings is 1. The van der Waals surface area contributed by atoms with Crippen LogP contribution in [0, 0.1) is 0 Å². The number of rotatable bonds is 3. The monoisotopic (exact) mass is 232 g/mol. The summed E-state index contributed by atoms with van der Waals surface area (Å²) >= 11 is 0. The molecule has 0 radical (unpaired) electrons. The van der Waals surface area contributed by atoms with Crippen molar-refractivity contribution in [2.45, 2.75) is 19.8 Å². The van der Waals surface area contributed by atoms with Gasteiger partial charge in [0.2, 0.25) is 0 Å². The Bertz CT molecular complexity index is 364. The van der Waals surface area contributed by atoms with Crippen LogP contribution in [0.5, 0.6) is 0 Å². The van der Waals surface area contributed by atoms with Crippen LogP contribution in [0.1, 0.15) is 30.9 Å². The summed E-state index contributed by atoms with van der Waals surface area (Å²) in [6, 6.07) is 8.59. The molecule has 0 atom stereocenters. The van der Waals surface area contributed by atoms with Gasteiger partial charge in [-0.3, -0.25) is 5.01 Å². The van der Waals surface area contributed by atoms with E-state index in [1.165, 1.54) is 5.56 Å². The first kappa shape index (κ1) is 12.1. The number of hydrogen-bond donors (Lipinski definition) is 0. The van der Waals surface area contributed by atoms with Crippen LogP contribution in [0.25, 0.3) is 0 Å². The Kier molecular flexibility index (Phi) is 4.15. The predicted octanol–water partition coefficient (Wildman–Crippen LogP) is 2.48. The SMILES string of the molecule is CC(C)c1ccc(/C=N/N2CCOCC2)cc1. The van der Waals surface area contributed by atoms with Gasteiger partial charge >= 0.3 is 0 Å². The highest BCUT2D eigenvalue weighted by atomic mass is 16.5. The number of hydrogen-bond acceptors (Lipinski definition) is 3. The number of morpholine rings is 1. The molecule has 0 saturated carbocycles. The zero-order valence-electron chi connectivity index (χ0n) is 10.6. The minimum absolute atomic E-state index is 0.584. The van der Waals surface area contributed by atoms with Gasteiger partial charge in [-0.25, -0.2) is 0 Å². The first-order chi connectivity index (χ1) is 8.25. The van der Waals surface area contributed by atoms with Crippen molar-refractivity contribution in [2.75, 3.05) is 26.3 Å². The van der Waals surface area contributed by atoms with Crippen LogP contribution < -0.4 is 0 Å². The minimum atomic E-state index is 0.584. The van der Waals surface area contributed by atoms with Crippen LogP contribution in [0.15, 0.2) is 29.4 Å². The van der Waals surface area contributed by atoms with Crippen molar-refractivity contribution in [1.29, 1.82) is 0 Å². The Labute approximate surface area is 103 Å². The summed E-state index contributed by atoms with van der Waals surface area (Å²) in [7, 11) is 0. The van der Waals surface area contributed by atoms with Gasteiger partial charge in [-0.15, -0.1) is 0 Å². The van der Waals surface area contributed by atoms with Crippen molar-refractivity contribution in [3.8, 4) is 0 Å². The third-order valence-electron chi connectivity index (χ3n) is 2.96. The Morgan fingerprint density at radius 3 is 2.41 bits per heavy atom. The van der Waals surface area contributed by atoms with E-state index in [0.717, 1.165) is 31.9 Å². The van der Waals surface area contributed by atoms with Crippen molar-refractivity contribution in [3.05, 3.63) is 35.4 Å². The fourth-order valence-electron chi connectivity index (χ4n) is 1.78. The van der Waals surface area contributed by atoms with E-state index in [2.05, 4.69) is 48.2 Å². The van der Waals surface area contributed by atoms with Gasteiger partial charge in [-0.1, -0.05) is 38.1 Å². The summed E-state index contributed by atoms with van der Waals surface area (Å²) in [4.78, 5) is 0. The Hall–Kier alpha value is -1.35. The Morgan fingerprint density at radius 1 is 1.18 bits per heavy atom. The summed E-state index contributed by atoms with van der Waals surface area (Å²) in [6.07, 6.45) is 1.93. The predicted molar refractivity (Wildman–Crippen MR) is 70.5 cm³/mol. The summed E-state index contributed by atoms with van der Waals surface area (Å²) in [5.41, 5.74) is 2.52. The van der Waals surface area contributed by atoms with Crippen LogP contribution in [-0.4, -0.2) is 37.5 Å². The summed E-state index contributed by atoms with van der Waals surface area (Å²) < 4.78 is 5.28. The van der Waals surface area contributed by atoms with Gasteiger partial charge in [0, 0.05) is 0 Å². The van der Waals surface area contributed by atoms with E-state index in [1.54, 1.807) is 0 Å². The number of ether oxygens (including phenoxy) is 1. The average Bonchev–Trinajstić information content (AvgIpc) is 2.38. The summed E-state index contributed by atoms with van der Waals surface area (Å²) in [5.74, 6) is 0.584. The fourth-order valence-corrected chi connectivity index (χ4v) is 1.78. The first-order valence-electron chi connectivity index (χ1n) is 6.22. The molecule has 2 rings (SSSR count). The molecule has 0 bridgehead atoms. The van der Waals surface area contributed by atoms with Gasteiger partial charge in [0.05, 0.1) is 32.5 Å². The minimum Gasteiger partial charge on any atom is -0.378 e. The number of nitrogens with zero attached hydrogens (tertiary/aromatic N) is 2. The van der Waals surface area contributed by atoms with Crippen LogP contribution in [0.2, 0.25) is 0 Å². The molecule has 1 heterocycles. The number of hydrazone groups is 1. The largest absolute Gasteiger partial charge is 0.378 e. The van der Waals surface area contributed by atoms with Crippen molar-refractivity contribution in [2.24, 2.45) is 5.10 Å². The van der Waals surface area contributed by atoms with Gasteiger partial charge in [0.15, 0.2) is 0 Å². The van der Waals surface area contributed by atoms with Gasteiger partial charge in [0.1, 0.15) is 0 Å². The molecular formula is C14H20N2O. The maximum Gasteiger partial charge on any atom is 0.0659 e. The topological polar surface area (TPSA) is 24.8 Å². The van der Waals surface area contributed by atoms with Crippen LogP contribution in [0.3, 0.4) is 0 Å². The molecule has 0 aromatic heterocycles. The van der Waals surface area contributed by atoms with E-state index >= 15 is 0 Å². The molecule has 3 nitrogen and oxygen atoms in total. The molecule has 1 aromatic carbocycles. The van der Waals surface area contributed by atoms with Gasteiger partial charge in [-0.05, 0) is 17.0 Å². The first-order valence-corrected chi connectivity index (χ1v) is 6.22. The molecular weight excluding hydrogens is 212 g/mol. The van der Waals surface area contributed by atoms with E-state index in [4.69, 9.17) is 4.74 Å². The molecule has 1 saturated heterocycles. The van der Waals surface area contributed by atoms with E-state index in [1.807, 2.05) is 6.21 Å². The molecule has 92 valence electrons. The molecule has 1 aliphatic rings. The highest BCUT2D eigenvalue weighted by Gasteiger charge is 2.06. The lowest BCUT2D eigenvalue weighted by Gasteiger charge is -2.23. The normalized spacial score (nSPS) is 17.0. The average molecular weight is 232 g/mol. The smallest absolute Gasteiger partial charge is 0.0659 e. The summed E-state index contributed by atoms with van der Waals surface area (Å²) in [5, 5.41) is 6.51.